The molecule has 0 saturated heterocycles. The average molecular weight is 284 g/mol. The fraction of sp³-hybridized carbons (Fsp3) is 0.462. The van der Waals surface area contributed by atoms with Crippen LogP contribution < -0.4 is 5.32 Å². The Morgan fingerprint density at radius 1 is 1.37 bits per heavy atom. The third-order valence-electron chi connectivity index (χ3n) is 2.82. The van der Waals surface area contributed by atoms with Gasteiger partial charge < -0.3 is 10.2 Å². The maximum Gasteiger partial charge on any atom is 0.255 e. The summed E-state index contributed by atoms with van der Waals surface area (Å²) in [7, 11) is 0.286. The van der Waals surface area contributed by atoms with Gasteiger partial charge in [0.1, 0.15) is 9.84 Å². The van der Waals surface area contributed by atoms with Gasteiger partial charge in [0.05, 0.1) is 11.3 Å². The third-order valence-corrected chi connectivity index (χ3v) is 3.74. The first kappa shape index (κ1) is 15.5. The number of nitrogens with zero attached hydrogens (tertiary/aromatic N) is 1. The molecule has 6 heteroatoms. The molecule has 0 aliphatic carbocycles. The molecule has 1 aromatic rings. The van der Waals surface area contributed by atoms with E-state index in [1.165, 1.54) is 4.90 Å². The van der Waals surface area contributed by atoms with Crippen LogP contribution in [0.25, 0.3) is 0 Å². The lowest BCUT2D eigenvalue weighted by Gasteiger charge is -2.19. The number of amides is 1. The van der Waals surface area contributed by atoms with Gasteiger partial charge in [0, 0.05) is 32.6 Å². The Balaban J connectivity index is 2.90. The van der Waals surface area contributed by atoms with Crippen LogP contribution in [-0.2, 0) is 9.84 Å². The van der Waals surface area contributed by atoms with E-state index in [4.69, 9.17) is 0 Å². The molecule has 0 bridgehead atoms. The number of hydrogen-bond donors (Lipinski definition) is 1. The maximum atomic E-state index is 12.3. The molecule has 1 aromatic carbocycles. The van der Waals surface area contributed by atoms with E-state index < -0.39 is 9.84 Å². The van der Waals surface area contributed by atoms with Crippen LogP contribution in [0.2, 0.25) is 0 Å². The lowest BCUT2D eigenvalue weighted by atomic mass is 10.1. The van der Waals surface area contributed by atoms with Crippen molar-refractivity contribution >= 4 is 21.4 Å². The van der Waals surface area contributed by atoms with Crippen LogP contribution >= 0.6 is 0 Å². The van der Waals surface area contributed by atoms with Crippen molar-refractivity contribution in [1.29, 1.82) is 0 Å². The highest BCUT2D eigenvalue weighted by Gasteiger charge is 2.16. The number of hydrogen-bond acceptors (Lipinski definition) is 4. The van der Waals surface area contributed by atoms with Crippen molar-refractivity contribution in [2.75, 3.05) is 38.0 Å². The predicted molar refractivity (Wildman–Crippen MR) is 77.4 cm³/mol. The number of sulfone groups is 1. The van der Waals surface area contributed by atoms with Crippen molar-refractivity contribution in [2.45, 2.75) is 6.92 Å². The normalized spacial score (nSPS) is 11.2. The van der Waals surface area contributed by atoms with Crippen LogP contribution in [-0.4, -0.2) is 51.9 Å². The molecule has 0 saturated carbocycles. The van der Waals surface area contributed by atoms with E-state index in [9.17, 15) is 13.2 Å². The molecule has 1 N–H and O–H groups in total. The van der Waals surface area contributed by atoms with Crippen LogP contribution in [0, 0.1) is 6.92 Å². The highest BCUT2D eigenvalue weighted by atomic mass is 32.2. The summed E-state index contributed by atoms with van der Waals surface area (Å²) in [6.45, 7) is 2.10. The molecule has 0 unspecified atom stereocenters. The summed E-state index contributed by atoms with van der Waals surface area (Å²) < 4.78 is 22.2. The highest BCUT2D eigenvalue weighted by Crippen LogP contribution is 2.18. The second-order valence-corrected chi connectivity index (χ2v) is 6.92. The minimum Gasteiger partial charge on any atom is -0.387 e. The summed E-state index contributed by atoms with van der Waals surface area (Å²) >= 11 is 0. The van der Waals surface area contributed by atoms with Gasteiger partial charge in [0.25, 0.3) is 5.91 Å². The summed E-state index contributed by atoms with van der Waals surface area (Å²) in [5, 5.41) is 2.97. The molecule has 0 spiro atoms. The van der Waals surface area contributed by atoms with Gasteiger partial charge in [-0.1, -0.05) is 11.6 Å². The summed E-state index contributed by atoms with van der Waals surface area (Å²) in [4.78, 5) is 13.7. The van der Waals surface area contributed by atoms with Crippen LogP contribution in [0.5, 0.6) is 0 Å². The van der Waals surface area contributed by atoms with Crippen LogP contribution in [0.1, 0.15) is 15.9 Å². The molecule has 0 aliphatic heterocycles. The van der Waals surface area contributed by atoms with Crippen molar-refractivity contribution < 1.29 is 13.2 Å². The quantitative estimate of drug-likeness (QED) is 0.881. The summed E-state index contributed by atoms with van der Waals surface area (Å²) in [5.74, 6) is -0.215. The zero-order chi connectivity index (χ0) is 14.6. The molecular formula is C13H20N2O3S. The minimum absolute atomic E-state index is 0.0318. The van der Waals surface area contributed by atoms with Crippen molar-refractivity contribution in [3.8, 4) is 0 Å². The molecule has 106 valence electrons. The average Bonchev–Trinajstić information content (AvgIpc) is 2.34. The third kappa shape index (κ3) is 4.55. The Morgan fingerprint density at radius 3 is 2.53 bits per heavy atom. The number of rotatable bonds is 5. The van der Waals surface area contributed by atoms with Crippen LogP contribution in [0.4, 0.5) is 5.69 Å². The van der Waals surface area contributed by atoms with Crippen molar-refractivity contribution in [1.82, 2.24) is 4.90 Å². The molecule has 0 radical (unpaired) electrons. The van der Waals surface area contributed by atoms with Crippen molar-refractivity contribution in [2.24, 2.45) is 0 Å². The Kier molecular flexibility index (Phi) is 4.94. The number of aryl methyl sites for hydroxylation is 1. The second kappa shape index (κ2) is 6.06. The zero-order valence-electron chi connectivity index (χ0n) is 11.7. The van der Waals surface area contributed by atoms with Crippen molar-refractivity contribution in [3.63, 3.8) is 0 Å². The maximum absolute atomic E-state index is 12.3. The zero-order valence-corrected chi connectivity index (χ0v) is 12.5. The number of benzene rings is 1. The molecule has 0 fully saturated rings. The van der Waals surface area contributed by atoms with E-state index in [0.29, 0.717) is 5.56 Å². The van der Waals surface area contributed by atoms with Gasteiger partial charge in [-0.05, 0) is 19.1 Å². The molecule has 1 rings (SSSR count). The Bertz CT molecular complexity index is 567. The fourth-order valence-corrected chi connectivity index (χ4v) is 2.27. The topological polar surface area (TPSA) is 66.5 Å². The van der Waals surface area contributed by atoms with E-state index in [0.717, 1.165) is 17.5 Å². The Labute approximate surface area is 114 Å². The summed E-state index contributed by atoms with van der Waals surface area (Å²) in [6.07, 6.45) is 1.16. The number of nitrogens with one attached hydrogen (secondary N) is 1. The Hall–Kier alpha value is -1.56. The van der Waals surface area contributed by atoms with Crippen LogP contribution in [0.15, 0.2) is 18.2 Å². The first-order valence-corrected chi connectivity index (χ1v) is 8.02. The first-order chi connectivity index (χ1) is 8.74. The standard InChI is InChI=1S/C13H20N2O3S/c1-10-5-6-12(14-2)11(9-10)13(16)15(3)7-8-19(4,17)18/h5-6,9,14H,7-8H2,1-4H3. The molecular weight excluding hydrogens is 264 g/mol. The monoisotopic (exact) mass is 284 g/mol. The van der Waals surface area contributed by atoms with Gasteiger partial charge in [-0.25, -0.2) is 8.42 Å². The fourth-order valence-electron chi connectivity index (χ4n) is 1.66. The SMILES string of the molecule is CNc1ccc(C)cc1C(=O)N(C)CCS(C)(=O)=O. The first-order valence-electron chi connectivity index (χ1n) is 5.96. The van der Waals surface area contributed by atoms with Gasteiger partial charge in [0.2, 0.25) is 0 Å². The van der Waals surface area contributed by atoms with Gasteiger partial charge in [-0.2, -0.15) is 0 Å². The van der Waals surface area contributed by atoms with Crippen molar-refractivity contribution in [3.05, 3.63) is 29.3 Å². The number of carbonyl (C=O) groups excluding carboxylic acids is 1. The molecule has 1 amide bonds. The summed E-state index contributed by atoms with van der Waals surface area (Å²) in [5.41, 5.74) is 2.28. The number of anilines is 1. The molecule has 0 aliphatic rings. The largest absolute Gasteiger partial charge is 0.387 e. The van der Waals surface area contributed by atoms with Gasteiger partial charge >= 0.3 is 0 Å². The van der Waals surface area contributed by atoms with Gasteiger partial charge in [-0.3, -0.25) is 4.79 Å². The van der Waals surface area contributed by atoms with E-state index in [-0.39, 0.29) is 18.2 Å². The molecule has 0 heterocycles. The van der Waals surface area contributed by atoms with Gasteiger partial charge in [-0.15, -0.1) is 0 Å². The predicted octanol–water partition coefficient (Wildman–Crippen LogP) is 1.15. The van der Waals surface area contributed by atoms with E-state index >= 15 is 0 Å². The molecule has 0 atom stereocenters. The van der Waals surface area contributed by atoms with Gasteiger partial charge in [0.15, 0.2) is 0 Å². The van der Waals surface area contributed by atoms with E-state index in [2.05, 4.69) is 5.32 Å². The minimum atomic E-state index is -3.07. The highest BCUT2D eigenvalue weighted by molar-refractivity contribution is 7.90. The molecule has 19 heavy (non-hydrogen) atoms. The lowest BCUT2D eigenvalue weighted by molar-refractivity contribution is 0.0804. The second-order valence-electron chi connectivity index (χ2n) is 4.66. The molecule has 5 nitrogen and oxygen atoms in total. The molecule has 0 aromatic heterocycles. The lowest BCUT2D eigenvalue weighted by Crippen LogP contribution is -2.31. The number of carbonyl (C=O) groups is 1. The Morgan fingerprint density at radius 2 is 2.00 bits per heavy atom. The smallest absolute Gasteiger partial charge is 0.255 e. The van der Waals surface area contributed by atoms with E-state index in [1.54, 1.807) is 20.2 Å². The van der Waals surface area contributed by atoms with Crippen LogP contribution in [0.3, 0.4) is 0 Å². The van der Waals surface area contributed by atoms with E-state index in [1.807, 2.05) is 19.1 Å². The summed E-state index contributed by atoms with van der Waals surface area (Å²) in [6, 6.07) is 5.55.